The number of methoxy groups -OCH3 is 1. The maximum absolute atomic E-state index is 12.7. The highest BCUT2D eigenvalue weighted by Crippen LogP contribution is 2.17. The predicted octanol–water partition coefficient (Wildman–Crippen LogP) is 3.53. The first-order chi connectivity index (χ1) is 13.1. The fourth-order valence-corrected chi connectivity index (χ4v) is 2.90. The summed E-state index contributed by atoms with van der Waals surface area (Å²) in [6.45, 7) is 4.51. The number of carbonyl (C=O) groups excluding carboxylic acids is 2. The molecule has 0 aliphatic heterocycles. The van der Waals surface area contributed by atoms with E-state index in [0.717, 1.165) is 23.3 Å². The number of para-hydroxylation sites is 1. The lowest BCUT2D eigenvalue weighted by atomic mass is 10.1. The molecule has 27 heavy (non-hydrogen) atoms. The van der Waals surface area contributed by atoms with Gasteiger partial charge in [0.05, 0.1) is 7.11 Å². The van der Waals surface area contributed by atoms with Crippen molar-refractivity contribution < 1.29 is 14.3 Å². The van der Waals surface area contributed by atoms with E-state index < -0.39 is 6.04 Å². The molecule has 2 rings (SSSR count). The minimum absolute atomic E-state index is 0.0127. The summed E-state index contributed by atoms with van der Waals surface area (Å²) in [6, 6.07) is 16.7. The Balaban J connectivity index is 2.07. The van der Waals surface area contributed by atoms with Crippen LogP contribution in [0.1, 0.15) is 37.8 Å². The molecule has 144 valence electrons. The van der Waals surface area contributed by atoms with Crippen molar-refractivity contribution in [3.8, 4) is 5.75 Å². The first-order valence-electron chi connectivity index (χ1n) is 9.29. The van der Waals surface area contributed by atoms with Gasteiger partial charge in [0.25, 0.3) is 0 Å². The molecule has 1 atom stereocenters. The van der Waals surface area contributed by atoms with Gasteiger partial charge in [-0.3, -0.25) is 9.59 Å². The van der Waals surface area contributed by atoms with Gasteiger partial charge in [0.1, 0.15) is 11.8 Å². The molecule has 0 saturated heterocycles. The molecule has 0 saturated carbocycles. The summed E-state index contributed by atoms with van der Waals surface area (Å²) in [7, 11) is 1.61. The highest BCUT2D eigenvalue weighted by Gasteiger charge is 2.25. The van der Waals surface area contributed by atoms with Crippen molar-refractivity contribution in [2.45, 2.75) is 45.8 Å². The number of nitrogens with zero attached hydrogens (tertiary/aromatic N) is 1. The topological polar surface area (TPSA) is 58.6 Å². The van der Waals surface area contributed by atoms with Crippen molar-refractivity contribution in [2.75, 3.05) is 7.11 Å². The lowest BCUT2D eigenvalue weighted by Crippen LogP contribution is -2.47. The summed E-state index contributed by atoms with van der Waals surface area (Å²) < 4.78 is 5.32. The van der Waals surface area contributed by atoms with E-state index >= 15 is 0 Å². The highest BCUT2D eigenvalue weighted by atomic mass is 16.5. The van der Waals surface area contributed by atoms with Gasteiger partial charge in [0, 0.05) is 25.1 Å². The molecular weight excluding hydrogens is 340 g/mol. The zero-order valence-electron chi connectivity index (χ0n) is 16.3. The van der Waals surface area contributed by atoms with Crippen LogP contribution in [0.2, 0.25) is 0 Å². The van der Waals surface area contributed by atoms with Gasteiger partial charge >= 0.3 is 0 Å². The van der Waals surface area contributed by atoms with Crippen LogP contribution in [0.3, 0.4) is 0 Å². The molecule has 0 aliphatic rings. The van der Waals surface area contributed by atoms with E-state index in [2.05, 4.69) is 5.32 Å². The molecule has 0 aliphatic carbocycles. The van der Waals surface area contributed by atoms with Crippen molar-refractivity contribution in [3.05, 3.63) is 65.7 Å². The van der Waals surface area contributed by atoms with Crippen LogP contribution in [0, 0.1) is 0 Å². The Morgan fingerprint density at radius 3 is 2.41 bits per heavy atom. The quantitative estimate of drug-likeness (QED) is 0.737. The zero-order valence-corrected chi connectivity index (χ0v) is 16.3. The van der Waals surface area contributed by atoms with Crippen LogP contribution >= 0.6 is 0 Å². The third-order valence-electron chi connectivity index (χ3n) is 4.47. The fraction of sp³-hybridized carbons (Fsp3) is 0.364. The molecule has 0 bridgehead atoms. The lowest BCUT2D eigenvalue weighted by molar-refractivity contribution is -0.140. The maximum atomic E-state index is 12.7. The van der Waals surface area contributed by atoms with Gasteiger partial charge in [-0.2, -0.15) is 0 Å². The summed E-state index contributed by atoms with van der Waals surface area (Å²) in [5.74, 6) is 0.538. The number of carbonyl (C=O) groups is 2. The predicted molar refractivity (Wildman–Crippen MR) is 106 cm³/mol. The number of ether oxygens (including phenoxy) is 1. The second kappa shape index (κ2) is 10.4. The molecule has 2 aromatic rings. The van der Waals surface area contributed by atoms with Crippen LogP contribution in [0.4, 0.5) is 0 Å². The van der Waals surface area contributed by atoms with Crippen LogP contribution in [0.25, 0.3) is 0 Å². The molecule has 0 radical (unpaired) electrons. The van der Waals surface area contributed by atoms with E-state index in [-0.39, 0.29) is 11.8 Å². The monoisotopic (exact) mass is 368 g/mol. The van der Waals surface area contributed by atoms with Crippen LogP contribution in [0.5, 0.6) is 5.75 Å². The van der Waals surface area contributed by atoms with E-state index in [1.807, 2.05) is 61.5 Å². The normalized spacial score (nSPS) is 11.5. The van der Waals surface area contributed by atoms with Gasteiger partial charge in [-0.25, -0.2) is 0 Å². The van der Waals surface area contributed by atoms with E-state index in [1.54, 1.807) is 18.9 Å². The molecule has 0 spiro atoms. The summed E-state index contributed by atoms with van der Waals surface area (Å²) in [4.78, 5) is 27.0. The summed E-state index contributed by atoms with van der Waals surface area (Å²) in [5.41, 5.74) is 1.90. The molecule has 0 heterocycles. The van der Waals surface area contributed by atoms with Gasteiger partial charge in [-0.05, 0) is 25.0 Å². The minimum atomic E-state index is -0.557. The van der Waals surface area contributed by atoms with Crippen LogP contribution in [-0.4, -0.2) is 29.9 Å². The number of amides is 2. The van der Waals surface area contributed by atoms with E-state index in [0.29, 0.717) is 19.5 Å². The van der Waals surface area contributed by atoms with E-state index in [1.165, 1.54) is 0 Å². The van der Waals surface area contributed by atoms with Crippen molar-refractivity contribution in [3.63, 3.8) is 0 Å². The van der Waals surface area contributed by atoms with Crippen LogP contribution in [0.15, 0.2) is 54.6 Å². The number of nitrogens with one attached hydrogen (secondary N) is 1. The summed E-state index contributed by atoms with van der Waals surface area (Å²) in [6.07, 6.45) is 1.18. The molecule has 2 aromatic carbocycles. The Hall–Kier alpha value is -2.82. The second-order valence-corrected chi connectivity index (χ2v) is 6.46. The van der Waals surface area contributed by atoms with Gasteiger partial charge in [0.15, 0.2) is 0 Å². The zero-order chi connectivity index (χ0) is 19.6. The number of hydrogen-bond donors (Lipinski definition) is 1. The van der Waals surface area contributed by atoms with E-state index in [4.69, 9.17) is 4.74 Å². The van der Waals surface area contributed by atoms with Crippen LogP contribution in [-0.2, 0) is 22.7 Å². The number of rotatable bonds is 9. The number of benzene rings is 2. The lowest BCUT2D eigenvalue weighted by Gasteiger charge is -2.29. The van der Waals surface area contributed by atoms with Crippen molar-refractivity contribution in [1.82, 2.24) is 10.2 Å². The first kappa shape index (κ1) is 20.5. The Morgan fingerprint density at radius 1 is 1.07 bits per heavy atom. The molecule has 2 amide bonds. The van der Waals surface area contributed by atoms with Gasteiger partial charge in [0.2, 0.25) is 11.8 Å². The van der Waals surface area contributed by atoms with Crippen molar-refractivity contribution in [2.24, 2.45) is 0 Å². The second-order valence-electron chi connectivity index (χ2n) is 6.46. The molecule has 5 heteroatoms. The smallest absolute Gasteiger partial charge is 0.242 e. The molecule has 0 aromatic heterocycles. The first-order valence-corrected chi connectivity index (χ1v) is 9.29. The average Bonchev–Trinajstić information content (AvgIpc) is 2.70. The van der Waals surface area contributed by atoms with Crippen LogP contribution < -0.4 is 10.1 Å². The largest absolute Gasteiger partial charge is 0.496 e. The number of hydrogen-bond acceptors (Lipinski definition) is 3. The standard InChI is InChI=1S/C22H28N2O3/c1-4-10-21(25)24(16-18-11-6-5-7-12-18)17(2)22(26)23-15-19-13-8-9-14-20(19)27-3/h5-9,11-14,17H,4,10,15-16H2,1-3H3,(H,23,26)/t17-/m0/s1. The molecular formula is C22H28N2O3. The summed E-state index contributed by atoms with van der Waals surface area (Å²) >= 11 is 0. The van der Waals surface area contributed by atoms with Gasteiger partial charge in [-0.1, -0.05) is 55.5 Å². The van der Waals surface area contributed by atoms with Crippen molar-refractivity contribution in [1.29, 1.82) is 0 Å². The minimum Gasteiger partial charge on any atom is -0.496 e. The molecule has 1 N–H and O–H groups in total. The third-order valence-corrected chi connectivity index (χ3v) is 4.47. The highest BCUT2D eigenvalue weighted by molar-refractivity contribution is 5.87. The Kier molecular flexibility index (Phi) is 7.86. The maximum Gasteiger partial charge on any atom is 0.242 e. The molecule has 5 nitrogen and oxygen atoms in total. The molecule has 0 unspecified atom stereocenters. The third kappa shape index (κ3) is 5.84. The Morgan fingerprint density at radius 2 is 1.74 bits per heavy atom. The SMILES string of the molecule is CCCC(=O)N(Cc1ccccc1)[C@@H](C)C(=O)NCc1ccccc1OC. The fourth-order valence-electron chi connectivity index (χ4n) is 2.90. The molecule has 0 fully saturated rings. The summed E-state index contributed by atoms with van der Waals surface area (Å²) in [5, 5.41) is 2.92. The van der Waals surface area contributed by atoms with E-state index in [9.17, 15) is 9.59 Å². The Labute approximate surface area is 161 Å². The Bertz CT molecular complexity index is 746. The van der Waals surface area contributed by atoms with Gasteiger partial charge < -0.3 is 15.0 Å². The van der Waals surface area contributed by atoms with Crippen molar-refractivity contribution >= 4 is 11.8 Å². The average molecular weight is 368 g/mol. The van der Waals surface area contributed by atoms with Gasteiger partial charge in [-0.15, -0.1) is 0 Å².